The largest absolute Gasteiger partial charge is 0.496 e. The van der Waals surface area contributed by atoms with Gasteiger partial charge in [-0.15, -0.1) is 0 Å². The second-order valence-corrected chi connectivity index (χ2v) is 4.38. The maximum absolute atomic E-state index is 11.7. The molecule has 0 aliphatic heterocycles. The van der Waals surface area contributed by atoms with Gasteiger partial charge in [0.2, 0.25) is 0 Å². The lowest BCUT2D eigenvalue weighted by molar-refractivity contribution is 0.200. The number of hydrogen-bond donors (Lipinski definition) is 1. The Hall–Kier alpha value is -2.20. The Balaban J connectivity index is 1.97. The predicted octanol–water partition coefficient (Wildman–Crippen LogP) is 3.64. The summed E-state index contributed by atoms with van der Waals surface area (Å²) in [5.41, 5.74) is 0.710. The highest BCUT2D eigenvalue weighted by atomic mass is 35.5. The number of halogens is 1. The molecule has 0 spiro atoms. The molecule has 0 radical (unpaired) electrons. The van der Waals surface area contributed by atoms with Crippen LogP contribution in [0.25, 0.3) is 0 Å². The maximum atomic E-state index is 11.7. The fourth-order valence-electron chi connectivity index (χ4n) is 1.69. The van der Waals surface area contributed by atoms with Gasteiger partial charge in [0, 0.05) is 10.6 Å². The van der Waals surface area contributed by atoms with Crippen LogP contribution < -0.4 is 14.8 Å². The molecule has 104 valence electrons. The van der Waals surface area contributed by atoms with Crippen molar-refractivity contribution >= 4 is 17.7 Å². The van der Waals surface area contributed by atoms with Crippen LogP contribution in [0.15, 0.2) is 48.5 Å². The number of ether oxygens (including phenoxy) is 2. The lowest BCUT2D eigenvalue weighted by Crippen LogP contribution is -2.26. The molecule has 2 rings (SSSR count). The van der Waals surface area contributed by atoms with Crippen LogP contribution >= 0.6 is 11.6 Å². The van der Waals surface area contributed by atoms with Crippen LogP contribution in [-0.4, -0.2) is 13.2 Å². The van der Waals surface area contributed by atoms with Gasteiger partial charge in [-0.3, -0.25) is 0 Å². The first kappa shape index (κ1) is 14.2. The highest BCUT2D eigenvalue weighted by molar-refractivity contribution is 6.31. The molecule has 0 aliphatic rings. The number of hydrogen-bond acceptors (Lipinski definition) is 3. The van der Waals surface area contributed by atoms with Crippen LogP contribution in [-0.2, 0) is 6.54 Å². The van der Waals surface area contributed by atoms with Crippen molar-refractivity contribution < 1.29 is 14.3 Å². The van der Waals surface area contributed by atoms with Gasteiger partial charge in [0.1, 0.15) is 11.5 Å². The Morgan fingerprint density at radius 2 is 1.90 bits per heavy atom. The van der Waals surface area contributed by atoms with E-state index in [4.69, 9.17) is 21.1 Å². The number of amides is 1. The summed E-state index contributed by atoms with van der Waals surface area (Å²) in [6.45, 7) is 0.231. The zero-order valence-corrected chi connectivity index (χ0v) is 11.7. The molecule has 20 heavy (non-hydrogen) atoms. The van der Waals surface area contributed by atoms with Gasteiger partial charge in [0.15, 0.2) is 0 Å². The van der Waals surface area contributed by atoms with Crippen LogP contribution in [0.4, 0.5) is 4.79 Å². The van der Waals surface area contributed by atoms with E-state index in [0.29, 0.717) is 22.1 Å². The van der Waals surface area contributed by atoms with E-state index in [1.807, 2.05) is 6.07 Å². The number of methoxy groups -OCH3 is 1. The third-order valence-corrected chi connectivity index (χ3v) is 3.01. The molecule has 0 unspecified atom stereocenters. The SMILES string of the molecule is COc1cccc(Cl)c1CNC(=O)Oc1ccccc1. The molecule has 0 atom stereocenters. The Bertz CT molecular complexity index is 587. The summed E-state index contributed by atoms with van der Waals surface area (Å²) in [5.74, 6) is 1.11. The van der Waals surface area contributed by atoms with Gasteiger partial charge in [-0.25, -0.2) is 4.79 Å². The first-order valence-corrected chi connectivity index (χ1v) is 6.40. The Kier molecular flexibility index (Phi) is 4.85. The van der Waals surface area contributed by atoms with Crippen LogP contribution in [0.1, 0.15) is 5.56 Å². The summed E-state index contributed by atoms with van der Waals surface area (Å²) in [4.78, 5) is 11.7. The monoisotopic (exact) mass is 291 g/mol. The smallest absolute Gasteiger partial charge is 0.412 e. The molecule has 0 aliphatic carbocycles. The molecular formula is C15H14ClNO3. The highest BCUT2D eigenvalue weighted by Crippen LogP contribution is 2.25. The molecular weight excluding hydrogens is 278 g/mol. The van der Waals surface area contributed by atoms with Gasteiger partial charge in [-0.05, 0) is 24.3 Å². The fraction of sp³-hybridized carbons (Fsp3) is 0.133. The topological polar surface area (TPSA) is 47.6 Å². The third kappa shape index (κ3) is 3.65. The molecule has 0 heterocycles. The molecule has 0 bridgehead atoms. The van der Waals surface area contributed by atoms with Crippen molar-refractivity contribution in [2.24, 2.45) is 0 Å². The molecule has 0 saturated carbocycles. The average Bonchev–Trinajstić information content (AvgIpc) is 2.46. The van der Waals surface area contributed by atoms with E-state index in [9.17, 15) is 4.79 Å². The minimum atomic E-state index is -0.543. The number of carbonyl (C=O) groups is 1. The standard InChI is InChI=1S/C15H14ClNO3/c1-19-14-9-5-8-13(16)12(14)10-17-15(18)20-11-6-3-2-4-7-11/h2-9H,10H2,1H3,(H,17,18). The third-order valence-electron chi connectivity index (χ3n) is 2.66. The van der Waals surface area contributed by atoms with Crippen molar-refractivity contribution in [3.8, 4) is 11.5 Å². The zero-order chi connectivity index (χ0) is 14.4. The first-order chi connectivity index (χ1) is 9.70. The van der Waals surface area contributed by atoms with E-state index in [1.165, 1.54) is 0 Å². The lowest BCUT2D eigenvalue weighted by Gasteiger charge is -2.11. The predicted molar refractivity (Wildman–Crippen MR) is 77.3 cm³/mol. The average molecular weight is 292 g/mol. The molecule has 1 amide bonds. The molecule has 0 fully saturated rings. The van der Waals surface area contributed by atoms with E-state index in [0.717, 1.165) is 0 Å². The Morgan fingerprint density at radius 3 is 2.60 bits per heavy atom. The zero-order valence-electron chi connectivity index (χ0n) is 10.9. The summed E-state index contributed by atoms with van der Waals surface area (Å²) >= 11 is 6.08. The van der Waals surface area contributed by atoms with Crippen LogP contribution in [0, 0.1) is 0 Å². The maximum Gasteiger partial charge on any atom is 0.412 e. The summed E-state index contributed by atoms with van der Waals surface area (Å²) < 4.78 is 10.3. The Labute approximate surface area is 122 Å². The molecule has 0 aromatic heterocycles. The van der Waals surface area contributed by atoms with Crippen molar-refractivity contribution in [1.82, 2.24) is 5.32 Å². The van der Waals surface area contributed by atoms with Gasteiger partial charge in [0.05, 0.1) is 13.7 Å². The normalized spacial score (nSPS) is 9.90. The van der Waals surface area contributed by atoms with Crippen molar-refractivity contribution in [2.75, 3.05) is 7.11 Å². The van der Waals surface area contributed by atoms with Crippen molar-refractivity contribution in [3.05, 3.63) is 59.1 Å². The van der Waals surface area contributed by atoms with Crippen LogP contribution in [0.3, 0.4) is 0 Å². The number of para-hydroxylation sites is 1. The number of nitrogens with one attached hydrogen (secondary N) is 1. The molecule has 5 heteroatoms. The van der Waals surface area contributed by atoms with E-state index in [2.05, 4.69) is 5.32 Å². The van der Waals surface area contributed by atoms with Crippen LogP contribution in [0.2, 0.25) is 5.02 Å². The summed E-state index contributed by atoms with van der Waals surface area (Å²) in [6, 6.07) is 14.1. The van der Waals surface area contributed by atoms with E-state index in [-0.39, 0.29) is 6.54 Å². The highest BCUT2D eigenvalue weighted by Gasteiger charge is 2.10. The lowest BCUT2D eigenvalue weighted by atomic mass is 10.2. The second-order valence-electron chi connectivity index (χ2n) is 3.98. The van der Waals surface area contributed by atoms with E-state index < -0.39 is 6.09 Å². The molecule has 2 aromatic carbocycles. The summed E-state index contributed by atoms with van der Waals surface area (Å²) in [6.07, 6.45) is -0.543. The number of benzene rings is 2. The van der Waals surface area contributed by atoms with Gasteiger partial charge in [-0.1, -0.05) is 35.9 Å². The molecule has 0 saturated heterocycles. The minimum absolute atomic E-state index is 0.231. The van der Waals surface area contributed by atoms with Gasteiger partial charge < -0.3 is 14.8 Å². The van der Waals surface area contributed by atoms with Crippen molar-refractivity contribution in [3.63, 3.8) is 0 Å². The number of carbonyl (C=O) groups excluding carboxylic acids is 1. The summed E-state index contributed by atoms with van der Waals surface area (Å²) in [7, 11) is 1.55. The van der Waals surface area contributed by atoms with Crippen molar-refractivity contribution in [1.29, 1.82) is 0 Å². The first-order valence-electron chi connectivity index (χ1n) is 6.03. The van der Waals surface area contributed by atoms with Gasteiger partial charge in [0.25, 0.3) is 0 Å². The van der Waals surface area contributed by atoms with E-state index >= 15 is 0 Å². The van der Waals surface area contributed by atoms with Gasteiger partial charge in [-0.2, -0.15) is 0 Å². The fourth-order valence-corrected chi connectivity index (χ4v) is 1.93. The van der Waals surface area contributed by atoms with Crippen LogP contribution in [0.5, 0.6) is 11.5 Å². The minimum Gasteiger partial charge on any atom is -0.496 e. The quantitative estimate of drug-likeness (QED) is 0.935. The summed E-state index contributed by atoms with van der Waals surface area (Å²) in [5, 5.41) is 3.17. The van der Waals surface area contributed by atoms with Gasteiger partial charge >= 0.3 is 6.09 Å². The second kappa shape index (κ2) is 6.82. The van der Waals surface area contributed by atoms with E-state index in [1.54, 1.807) is 49.6 Å². The number of rotatable bonds is 4. The van der Waals surface area contributed by atoms with Crippen molar-refractivity contribution in [2.45, 2.75) is 6.54 Å². The molecule has 4 nitrogen and oxygen atoms in total. The molecule has 2 aromatic rings. The molecule has 1 N–H and O–H groups in total. The Morgan fingerprint density at radius 1 is 1.15 bits per heavy atom.